The van der Waals surface area contributed by atoms with Gasteiger partial charge in [-0.25, -0.2) is 0 Å². The molecule has 0 amide bonds. The quantitative estimate of drug-likeness (QED) is 0.873. The van der Waals surface area contributed by atoms with Crippen LogP contribution in [-0.2, 0) is 6.61 Å². The lowest BCUT2D eigenvalue weighted by Crippen LogP contribution is -2.34. The Labute approximate surface area is 103 Å². The zero-order chi connectivity index (χ0) is 12.1. The lowest BCUT2D eigenvalue weighted by Gasteiger charge is -2.31. The fraction of sp³-hybridized carbons (Fsp3) is 0.643. The van der Waals surface area contributed by atoms with E-state index < -0.39 is 0 Å². The Balaban J connectivity index is 2.21. The van der Waals surface area contributed by atoms with Gasteiger partial charge in [0.2, 0.25) is 0 Å². The summed E-state index contributed by atoms with van der Waals surface area (Å²) in [6.07, 6.45) is 8.23. The van der Waals surface area contributed by atoms with Crippen LogP contribution in [0.25, 0.3) is 0 Å². The number of hydrogen-bond donors (Lipinski definition) is 1. The van der Waals surface area contributed by atoms with Crippen molar-refractivity contribution in [1.82, 2.24) is 4.98 Å². The van der Waals surface area contributed by atoms with Crippen LogP contribution in [0.3, 0.4) is 0 Å². The average Bonchev–Trinajstić information content (AvgIpc) is 2.63. The Bertz CT molecular complexity index is 354. The van der Waals surface area contributed by atoms with E-state index in [-0.39, 0.29) is 6.61 Å². The van der Waals surface area contributed by atoms with Gasteiger partial charge in [-0.15, -0.1) is 0 Å². The van der Waals surface area contributed by atoms with E-state index in [0.29, 0.717) is 6.04 Å². The average molecular weight is 234 g/mol. The van der Waals surface area contributed by atoms with Crippen LogP contribution in [0.15, 0.2) is 18.3 Å². The van der Waals surface area contributed by atoms with Gasteiger partial charge in [0.15, 0.2) is 0 Å². The van der Waals surface area contributed by atoms with Crippen LogP contribution in [0.5, 0.6) is 0 Å². The van der Waals surface area contributed by atoms with Crippen molar-refractivity contribution in [2.45, 2.75) is 51.7 Å². The lowest BCUT2D eigenvalue weighted by molar-refractivity contribution is 0.277. The molecule has 0 radical (unpaired) electrons. The second-order valence-corrected chi connectivity index (χ2v) is 4.77. The van der Waals surface area contributed by atoms with Crippen molar-refractivity contribution in [2.24, 2.45) is 0 Å². The molecule has 1 fully saturated rings. The van der Waals surface area contributed by atoms with Crippen molar-refractivity contribution < 1.29 is 5.11 Å². The van der Waals surface area contributed by atoms with Gasteiger partial charge in [-0.2, -0.15) is 0 Å². The van der Waals surface area contributed by atoms with Crippen LogP contribution >= 0.6 is 0 Å². The normalized spacial score (nSPS) is 21.3. The molecular formula is C14H22N2O. The standard InChI is InChI=1S/C14H22N2O/c1-2-13-6-4-3-5-9-16(13)14-7-8-15-12(10-14)11-17/h7-8,10,13,17H,2-6,9,11H2,1H3. The summed E-state index contributed by atoms with van der Waals surface area (Å²) in [5.41, 5.74) is 1.99. The molecular weight excluding hydrogens is 212 g/mol. The zero-order valence-electron chi connectivity index (χ0n) is 10.6. The summed E-state index contributed by atoms with van der Waals surface area (Å²) < 4.78 is 0. The Morgan fingerprint density at radius 2 is 2.29 bits per heavy atom. The molecule has 1 N–H and O–H groups in total. The number of rotatable bonds is 3. The largest absolute Gasteiger partial charge is 0.390 e. The second-order valence-electron chi connectivity index (χ2n) is 4.77. The van der Waals surface area contributed by atoms with Crippen LogP contribution in [0.1, 0.15) is 44.7 Å². The van der Waals surface area contributed by atoms with E-state index in [0.717, 1.165) is 12.2 Å². The maximum atomic E-state index is 9.16. The summed E-state index contributed by atoms with van der Waals surface area (Å²) in [6, 6.07) is 4.73. The van der Waals surface area contributed by atoms with Gasteiger partial charge in [-0.1, -0.05) is 19.8 Å². The van der Waals surface area contributed by atoms with Crippen LogP contribution in [0, 0.1) is 0 Å². The summed E-state index contributed by atoms with van der Waals surface area (Å²) in [6.45, 7) is 3.42. The molecule has 0 aromatic carbocycles. The summed E-state index contributed by atoms with van der Waals surface area (Å²) in [5, 5.41) is 9.16. The van der Waals surface area contributed by atoms with Gasteiger partial charge in [0, 0.05) is 24.5 Å². The second kappa shape index (κ2) is 6.01. The first-order valence-electron chi connectivity index (χ1n) is 6.67. The molecule has 3 nitrogen and oxygen atoms in total. The van der Waals surface area contributed by atoms with E-state index in [2.05, 4.69) is 22.9 Å². The number of hydrogen-bond acceptors (Lipinski definition) is 3. The highest BCUT2D eigenvalue weighted by Gasteiger charge is 2.19. The van der Waals surface area contributed by atoms with Gasteiger partial charge in [0.1, 0.15) is 0 Å². The number of nitrogens with zero attached hydrogens (tertiary/aromatic N) is 2. The van der Waals surface area contributed by atoms with Crippen molar-refractivity contribution >= 4 is 5.69 Å². The first-order chi connectivity index (χ1) is 8.35. The molecule has 0 saturated carbocycles. The first kappa shape index (κ1) is 12.4. The Morgan fingerprint density at radius 3 is 3.06 bits per heavy atom. The molecule has 2 rings (SSSR count). The van der Waals surface area contributed by atoms with E-state index >= 15 is 0 Å². The van der Waals surface area contributed by atoms with Gasteiger partial charge in [0.25, 0.3) is 0 Å². The zero-order valence-corrected chi connectivity index (χ0v) is 10.6. The molecule has 2 heterocycles. The van der Waals surface area contributed by atoms with E-state index in [1.165, 1.54) is 37.8 Å². The van der Waals surface area contributed by atoms with Crippen LogP contribution in [0.2, 0.25) is 0 Å². The van der Waals surface area contributed by atoms with E-state index in [9.17, 15) is 0 Å². The van der Waals surface area contributed by atoms with Gasteiger partial charge >= 0.3 is 0 Å². The maximum Gasteiger partial charge on any atom is 0.0853 e. The predicted octanol–water partition coefficient (Wildman–Crippen LogP) is 2.73. The molecule has 17 heavy (non-hydrogen) atoms. The van der Waals surface area contributed by atoms with Gasteiger partial charge in [0.05, 0.1) is 12.3 Å². The summed E-state index contributed by atoms with van der Waals surface area (Å²) >= 11 is 0. The fourth-order valence-corrected chi connectivity index (χ4v) is 2.67. The third-order valence-corrected chi connectivity index (χ3v) is 3.64. The number of aromatic nitrogens is 1. The van der Waals surface area contributed by atoms with Crippen molar-refractivity contribution in [3.63, 3.8) is 0 Å². The molecule has 1 saturated heterocycles. The van der Waals surface area contributed by atoms with Gasteiger partial charge in [-0.05, 0) is 31.4 Å². The summed E-state index contributed by atoms with van der Waals surface area (Å²) in [7, 11) is 0. The van der Waals surface area contributed by atoms with Crippen molar-refractivity contribution in [2.75, 3.05) is 11.4 Å². The molecule has 1 atom stereocenters. The molecule has 0 bridgehead atoms. The molecule has 1 unspecified atom stereocenters. The number of aliphatic hydroxyl groups excluding tert-OH is 1. The molecule has 94 valence electrons. The molecule has 1 aliphatic heterocycles. The number of pyridine rings is 1. The molecule has 0 aliphatic carbocycles. The van der Waals surface area contributed by atoms with Crippen molar-refractivity contribution in [1.29, 1.82) is 0 Å². The lowest BCUT2D eigenvalue weighted by atomic mass is 10.1. The number of aliphatic hydroxyl groups is 1. The molecule has 1 aromatic heterocycles. The summed E-state index contributed by atoms with van der Waals surface area (Å²) in [4.78, 5) is 6.64. The SMILES string of the molecule is CCC1CCCCCN1c1ccnc(CO)c1. The van der Waals surface area contributed by atoms with Gasteiger partial charge in [-0.3, -0.25) is 4.98 Å². The minimum atomic E-state index is 0.0263. The minimum Gasteiger partial charge on any atom is -0.390 e. The van der Waals surface area contributed by atoms with E-state index in [1.54, 1.807) is 6.20 Å². The minimum absolute atomic E-state index is 0.0263. The highest BCUT2D eigenvalue weighted by molar-refractivity contribution is 5.47. The highest BCUT2D eigenvalue weighted by Crippen LogP contribution is 2.25. The van der Waals surface area contributed by atoms with Crippen LogP contribution in [0.4, 0.5) is 5.69 Å². The third-order valence-electron chi connectivity index (χ3n) is 3.64. The Hall–Kier alpha value is -1.09. The van der Waals surface area contributed by atoms with Crippen molar-refractivity contribution in [3.8, 4) is 0 Å². The predicted molar refractivity (Wildman–Crippen MR) is 70.1 cm³/mol. The molecule has 3 heteroatoms. The smallest absolute Gasteiger partial charge is 0.0853 e. The first-order valence-corrected chi connectivity index (χ1v) is 6.67. The fourth-order valence-electron chi connectivity index (χ4n) is 2.67. The monoisotopic (exact) mass is 234 g/mol. The topological polar surface area (TPSA) is 36.4 Å². The number of anilines is 1. The Morgan fingerprint density at radius 1 is 1.41 bits per heavy atom. The van der Waals surface area contributed by atoms with Gasteiger partial charge < -0.3 is 10.0 Å². The highest BCUT2D eigenvalue weighted by atomic mass is 16.3. The molecule has 1 aliphatic rings. The maximum absolute atomic E-state index is 9.16. The Kier molecular flexibility index (Phi) is 4.37. The van der Waals surface area contributed by atoms with Crippen molar-refractivity contribution in [3.05, 3.63) is 24.0 Å². The third kappa shape index (κ3) is 2.97. The molecule has 1 aromatic rings. The molecule has 0 spiro atoms. The van der Waals surface area contributed by atoms with Crippen LogP contribution < -0.4 is 4.90 Å². The summed E-state index contributed by atoms with van der Waals surface area (Å²) in [5.74, 6) is 0. The van der Waals surface area contributed by atoms with E-state index in [1.807, 2.05) is 6.07 Å². The van der Waals surface area contributed by atoms with Crippen LogP contribution in [-0.4, -0.2) is 22.7 Å². The van der Waals surface area contributed by atoms with E-state index in [4.69, 9.17) is 5.11 Å².